The van der Waals surface area contributed by atoms with Gasteiger partial charge in [-0.3, -0.25) is 9.36 Å². The molecule has 3 unspecified atom stereocenters. The van der Waals surface area contributed by atoms with E-state index in [9.17, 15) is 15.0 Å². The first-order chi connectivity index (χ1) is 12.8. The topological polar surface area (TPSA) is 183 Å². The number of nitrogens with two attached hydrogens (primary N) is 2. The number of nitrogens with zero attached hydrogens (tertiary/aromatic N) is 4. The molecule has 0 spiro atoms. The van der Waals surface area contributed by atoms with Gasteiger partial charge in [-0.25, -0.2) is 15.0 Å². The van der Waals surface area contributed by atoms with Crippen molar-refractivity contribution in [2.45, 2.75) is 37.0 Å². The van der Waals surface area contributed by atoms with Crippen molar-refractivity contribution in [1.82, 2.24) is 19.5 Å². The Morgan fingerprint density at radius 2 is 2.11 bits per heavy atom. The van der Waals surface area contributed by atoms with Crippen LogP contribution in [0.1, 0.15) is 12.6 Å². The minimum atomic E-state index is -1.16. The lowest BCUT2D eigenvalue weighted by Gasteiger charge is -2.16. The van der Waals surface area contributed by atoms with Gasteiger partial charge in [0.15, 0.2) is 17.7 Å². The highest BCUT2D eigenvalue weighted by atomic mass is 32.2. The third-order valence-electron chi connectivity index (χ3n) is 4.54. The number of carbonyl (C=O) groups is 1. The highest BCUT2D eigenvalue weighted by Crippen LogP contribution is 2.32. The Hall–Kier alpha value is -1.99. The Kier molecular flexibility index (Phi) is 5.81. The lowest BCUT2D eigenvalue weighted by Crippen LogP contribution is -2.37. The van der Waals surface area contributed by atoms with E-state index in [-0.39, 0.29) is 16.7 Å². The average Bonchev–Trinajstić information content (AvgIpc) is 3.17. The molecule has 7 N–H and O–H groups in total. The first-order valence-electron chi connectivity index (χ1n) is 8.31. The fourth-order valence-corrected chi connectivity index (χ4v) is 4.63. The maximum absolute atomic E-state index is 10.8. The van der Waals surface area contributed by atoms with Crippen molar-refractivity contribution in [3.05, 3.63) is 12.7 Å². The number of ether oxygens (including phenoxy) is 1. The SMILES string of the molecule is C[S+](CC[C@H](N)C(=O)O)C[C@H]1O[C@@H](n2cnc3c(N)ncnc32)C(O)C1O. The number of carboxylic acid groups (broad SMARTS) is 1. The van der Waals surface area contributed by atoms with Gasteiger partial charge in [0.25, 0.3) is 0 Å². The summed E-state index contributed by atoms with van der Waals surface area (Å²) in [5.74, 6) is 0.254. The van der Waals surface area contributed by atoms with Gasteiger partial charge in [-0.05, 0) is 10.9 Å². The number of imidazole rings is 1. The molecule has 1 aliphatic heterocycles. The first kappa shape index (κ1) is 19.8. The molecule has 1 fully saturated rings. The second-order valence-electron chi connectivity index (χ2n) is 6.51. The van der Waals surface area contributed by atoms with E-state index >= 15 is 0 Å². The normalized spacial score (nSPS) is 27.7. The lowest BCUT2D eigenvalue weighted by molar-refractivity contribution is -0.138. The molecule has 1 aliphatic rings. The maximum Gasteiger partial charge on any atom is 0.320 e. The molecular weight excluding hydrogens is 376 g/mol. The molecule has 11 nitrogen and oxygen atoms in total. The quantitative estimate of drug-likeness (QED) is 0.329. The third-order valence-corrected chi connectivity index (χ3v) is 6.37. The van der Waals surface area contributed by atoms with Crippen molar-refractivity contribution >= 4 is 33.8 Å². The van der Waals surface area contributed by atoms with Crippen LogP contribution in [-0.4, -0.2) is 82.9 Å². The van der Waals surface area contributed by atoms with Crippen LogP contribution in [0.15, 0.2) is 12.7 Å². The summed E-state index contributed by atoms with van der Waals surface area (Å²) in [6.07, 6.45) is 1.31. The molecular formula is C15H23N6O5S+. The Morgan fingerprint density at radius 3 is 2.81 bits per heavy atom. The van der Waals surface area contributed by atoms with E-state index in [1.54, 1.807) is 0 Å². The molecule has 3 rings (SSSR count). The fraction of sp³-hybridized carbons (Fsp3) is 0.600. The summed E-state index contributed by atoms with van der Waals surface area (Å²) < 4.78 is 7.41. The number of aliphatic hydroxyl groups is 2. The van der Waals surface area contributed by atoms with Gasteiger partial charge in [0.05, 0.1) is 12.6 Å². The molecule has 2 aromatic heterocycles. The molecule has 0 saturated carbocycles. The van der Waals surface area contributed by atoms with Gasteiger partial charge < -0.3 is 31.5 Å². The zero-order valence-electron chi connectivity index (χ0n) is 14.7. The van der Waals surface area contributed by atoms with Gasteiger partial charge in [0.1, 0.15) is 47.7 Å². The van der Waals surface area contributed by atoms with Crippen molar-refractivity contribution in [3.63, 3.8) is 0 Å². The zero-order chi connectivity index (χ0) is 19.7. The van der Waals surface area contributed by atoms with Crippen LogP contribution < -0.4 is 11.5 Å². The number of aliphatic carboxylic acids is 1. The van der Waals surface area contributed by atoms with Crippen molar-refractivity contribution in [3.8, 4) is 0 Å². The van der Waals surface area contributed by atoms with Gasteiger partial charge in [-0.15, -0.1) is 0 Å². The van der Waals surface area contributed by atoms with E-state index in [2.05, 4.69) is 15.0 Å². The van der Waals surface area contributed by atoms with Crippen molar-refractivity contribution in [2.75, 3.05) is 23.5 Å². The molecule has 6 atom stereocenters. The van der Waals surface area contributed by atoms with Crippen LogP contribution in [0.25, 0.3) is 11.2 Å². The standard InChI is InChI=1S/C15H22N6O5S/c1-27(3-2-7(16)15(24)25)4-8-10(22)11(23)14(26-8)21-6-20-9-12(17)18-5-19-13(9)21/h5-8,10-11,14,22-23H,2-4,16H2,1H3,(H2-,17,18,19,24,25)/p+1/t7-,8+,10?,11?,14+,27?/m0/s1. The van der Waals surface area contributed by atoms with Gasteiger partial charge in [0.2, 0.25) is 0 Å². The fourth-order valence-electron chi connectivity index (χ4n) is 2.97. The van der Waals surface area contributed by atoms with E-state index in [1.807, 2.05) is 6.26 Å². The number of rotatable bonds is 7. The van der Waals surface area contributed by atoms with Crippen LogP contribution in [0.3, 0.4) is 0 Å². The van der Waals surface area contributed by atoms with Crippen molar-refractivity contribution in [1.29, 1.82) is 0 Å². The van der Waals surface area contributed by atoms with E-state index < -0.39 is 36.6 Å². The van der Waals surface area contributed by atoms with E-state index in [0.717, 1.165) is 0 Å². The predicted molar refractivity (Wildman–Crippen MR) is 98.9 cm³/mol. The number of hydrogen-bond donors (Lipinski definition) is 5. The number of nitrogen functional groups attached to an aromatic ring is 1. The first-order valence-corrected chi connectivity index (χ1v) is 10.3. The molecule has 0 bridgehead atoms. The van der Waals surface area contributed by atoms with Crippen molar-refractivity contribution in [2.24, 2.45) is 5.73 Å². The van der Waals surface area contributed by atoms with Gasteiger partial charge >= 0.3 is 5.97 Å². The second-order valence-corrected chi connectivity index (χ2v) is 8.82. The molecule has 1 saturated heterocycles. The van der Waals surface area contributed by atoms with Gasteiger partial charge in [-0.1, -0.05) is 0 Å². The average molecular weight is 399 g/mol. The molecule has 3 heterocycles. The zero-order valence-corrected chi connectivity index (χ0v) is 15.5. The summed E-state index contributed by atoms with van der Waals surface area (Å²) in [6.45, 7) is 0. The molecule has 0 radical (unpaired) electrons. The van der Waals surface area contributed by atoms with Crippen LogP contribution in [0, 0.1) is 0 Å². The summed E-state index contributed by atoms with van der Waals surface area (Å²) in [6, 6.07) is -0.907. The van der Waals surface area contributed by atoms with Gasteiger partial charge in [-0.2, -0.15) is 0 Å². The molecule has 12 heteroatoms. The highest BCUT2D eigenvalue weighted by molar-refractivity contribution is 7.96. The number of aliphatic hydroxyl groups excluding tert-OH is 2. The molecule has 0 aliphatic carbocycles. The minimum Gasteiger partial charge on any atom is -0.480 e. The Bertz CT molecular complexity index is 819. The van der Waals surface area contributed by atoms with Crippen LogP contribution in [-0.2, 0) is 20.4 Å². The van der Waals surface area contributed by atoms with Crippen LogP contribution in [0.4, 0.5) is 5.82 Å². The number of fused-ring (bicyclic) bond motifs is 1. The van der Waals surface area contributed by atoms with Crippen LogP contribution >= 0.6 is 0 Å². The van der Waals surface area contributed by atoms with Crippen LogP contribution in [0.5, 0.6) is 0 Å². The number of carboxylic acids is 1. The molecule has 148 valence electrons. The smallest absolute Gasteiger partial charge is 0.320 e. The summed E-state index contributed by atoms with van der Waals surface area (Å²) in [5, 5.41) is 29.7. The van der Waals surface area contributed by atoms with E-state index in [4.69, 9.17) is 21.3 Å². The monoisotopic (exact) mass is 399 g/mol. The molecule has 0 aromatic carbocycles. The maximum atomic E-state index is 10.8. The number of aromatic nitrogens is 4. The predicted octanol–water partition coefficient (Wildman–Crippen LogP) is -1.92. The molecule has 27 heavy (non-hydrogen) atoms. The summed E-state index contributed by atoms with van der Waals surface area (Å²) >= 11 is 0. The number of anilines is 1. The van der Waals surface area contributed by atoms with Crippen LogP contribution in [0.2, 0.25) is 0 Å². The lowest BCUT2D eigenvalue weighted by atomic mass is 10.1. The summed E-state index contributed by atoms with van der Waals surface area (Å²) in [4.78, 5) is 23.0. The van der Waals surface area contributed by atoms with E-state index in [1.165, 1.54) is 17.2 Å². The molecule has 0 amide bonds. The summed E-state index contributed by atoms with van der Waals surface area (Å²) in [7, 11) is -0.235. The Balaban J connectivity index is 1.68. The largest absolute Gasteiger partial charge is 0.480 e. The minimum absolute atomic E-state index is 0.216. The Labute approximate surface area is 157 Å². The Morgan fingerprint density at radius 1 is 1.37 bits per heavy atom. The van der Waals surface area contributed by atoms with Crippen molar-refractivity contribution < 1.29 is 24.9 Å². The number of hydrogen-bond acceptors (Lipinski definition) is 9. The summed E-state index contributed by atoms with van der Waals surface area (Å²) in [5.41, 5.74) is 12.1. The molecule has 2 aromatic rings. The third kappa shape index (κ3) is 3.99. The second kappa shape index (κ2) is 7.94. The van der Waals surface area contributed by atoms with Gasteiger partial charge in [0, 0.05) is 6.42 Å². The highest BCUT2D eigenvalue weighted by Gasteiger charge is 2.46. The van der Waals surface area contributed by atoms with E-state index in [0.29, 0.717) is 29.1 Å².